The molecule has 6 nitrogen and oxygen atoms in total. The quantitative estimate of drug-likeness (QED) is 0.465. The van der Waals surface area contributed by atoms with Gasteiger partial charge in [-0.3, -0.25) is 15.0 Å². The van der Waals surface area contributed by atoms with Crippen molar-refractivity contribution in [2.45, 2.75) is 43.9 Å². The molecule has 0 spiro atoms. The van der Waals surface area contributed by atoms with Crippen molar-refractivity contribution in [1.29, 1.82) is 0 Å². The molecule has 0 atom stereocenters. The lowest BCUT2D eigenvalue weighted by molar-refractivity contribution is 0.0948. The van der Waals surface area contributed by atoms with Crippen LogP contribution >= 0.6 is 11.3 Å². The molecule has 1 amide bonds. The zero-order valence-electron chi connectivity index (χ0n) is 14.4. The fourth-order valence-electron chi connectivity index (χ4n) is 2.90. The van der Waals surface area contributed by atoms with E-state index in [4.69, 9.17) is 0 Å². The summed E-state index contributed by atoms with van der Waals surface area (Å²) in [5, 5.41) is 0. The standard InChI is InChI=1S/C18H20N2O4S2/c1-12(21)13-7-5-8-15(10-13)26(23,24)20-19-18(22)17-11-14-6-3-2-4-9-16(14)25-17/h5,7-8,10-11,20H,2-4,6,9H2,1H3,(H,19,22). The Hall–Kier alpha value is -2.03. The van der Waals surface area contributed by atoms with Crippen molar-refractivity contribution < 1.29 is 18.0 Å². The summed E-state index contributed by atoms with van der Waals surface area (Å²) < 4.78 is 24.7. The maximum Gasteiger partial charge on any atom is 0.276 e. The van der Waals surface area contributed by atoms with Gasteiger partial charge in [0.05, 0.1) is 9.77 Å². The molecule has 3 rings (SSSR count). The van der Waals surface area contributed by atoms with Gasteiger partial charge in [0.15, 0.2) is 5.78 Å². The van der Waals surface area contributed by atoms with E-state index in [0.29, 0.717) is 10.4 Å². The normalized spacial score (nSPS) is 14.3. The molecule has 1 heterocycles. The molecule has 0 saturated carbocycles. The highest BCUT2D eigenvalue weighted by molar-refractivity contribution is 7.89. The highest BCUT2D eigenvalue weighted by atomic mass is 32.2. The van der Waals surface area contributed by atoms with Crippen LogP contribution in [0.15, 0.2) is 35.2 Å². The van der Waals surface area contributed by atoms with Gasteiger partial charge >= 0.3 is 0 Å². The second-order valence-electron chi connectivity index (χ2n) is 6.26. The number of Topliss-reactive ketones (excluding diaryl/α,β-unsaturated/α-hetero) is 1. The van der Waals surface area contributed by atoms with E-state index in [-0.39, 0.29) is 10.7 Å². The first-order valence-corrected chi connectivity index (χ1v) is 10.7. The minimum absolute atomic E-state index is 0.0764. The number of sulfonamides is 1. The number of amides is 1. The van der Waals surface area contributed by atoms with E-state index in [1.165, 1.54) is 53.3 Å². The summed E-state index contributed by atoms with van der Waals surface area (Å²) in [5.41, 5.74) is 3.74. The second kappa shape index (κ2) is 7.69. The average molecular weight is 393 g/mol. The van der Waals surface area contributed by atoms with E-state index in [0.717, 1.165) is 25.7 Å². The maximum absolute atomic E-state index is 12.3. The number of nitrogens with one attached hydrogen (secondary N) is 2. The monoisotopic (exact) mass is 392 g/mol. The first kappa shape index (κ1) is 18.8. The van der Waals surface area contributed by atoms with Crippen LogP contribution in [0.25, 0.3) is 0 Å². The van der Waals surface area contributed by atoms with Gasteiger partial charge in [-0.2, -0.15) is 0 Å². The number of thiophene rings is 1. The van der Waals surface area contributed by atoms with Gasteiger partial charge in [-0.05, 0) is 56.4 Å². The number of carbonyl (C=O) groups is 2. The molecule has 0 unspecified atom stereocenters. The molecule has 0 aliphatic heterocycles. The fraction of sp³-hybridized carbons (Fsp3) is 0.333. The molecule has 138 valence electrons. The van der Waals surface area contributed by atoms with E-state index in [9.17, 15) is 18.0 Å². The van der Waals surface area contributed by atoms with Crippen LogP contribution in [0.4, 0.5) is 0 Å². The van der Waals surface area contributed by atoms with E-state index in [2.05, 4.69) is 10.3 Å². The molecule has 1 aromatic carbocycles. The van der Waals surface area contributed by atoms with Crippen LogP contribution in [0.3, 0.4) is 0 Å². The zero-order valence-corrected chi connectivity index (χ0v) is 16.0. The highest BCUT2D eigenvalue weighted by Gasteiger charge is 2.20. The smallest absolute Gasteiger partial charge is 0.276 e. The number of ketones is 1. The van der Waals surface area contributed by atoms with Gasteiger partial charge in [-0.1, -0.05) is 18.6 Å². The summed E-state index contributed by atoms with van der Waals surface area (Å²) >= 11 is 1.42. The number of hydrogen-bond acceptors (Lipinski definition) is 5. The van der Waals surface area contributed by atoms with Crippen molar-refractivity contribution in [2.75, 3.05) is 0 Å². The van der Waals surface area contributed by atoms with Crippen LogP contribution in [-0.4, -0.2) is 20.1 Å². The number of hydrazine groups is 1. The minimum Gasteiger partial charge on any atom is -0.295 e. The van der Waals surface area contributed by atoms with E-state index in [1.807, 2.05) is 6.07 Å². The summed E-state index contributed by atoms with van der Waals surface area (Å²) in [4.78, 5) is 27.5. The van der Waals surface area contributed by atoms with Gasteiger partial charge in [0.2, 0.25) is 0 Å². The first-order chi connectivity index (χ1) is 12.4. The van der Waals surface area contributed by atoms with Crippen LogP contribution in [0, 0.1) is 0 Å². The Balaban J connectivity index is 1.70. The Kier molecular flexibility index (Phi) is 5.55. The Morgan fingerprint density at radius 2 is 1.85 bits per heavy atom. The van der Waals surface area contributed by atoms with Crippen LogP contribution in [0.5, 0.6) is 0 Å². The lowest BCUT2D eigenvalue weighted by Crippen LogP contribution is -2.41. The summed E-state index contributed by atoms with van der Waals surface area (Å²) in [7, 11) is -3.96. The number of fused-ring (bicyclic) bond motifs is 1. The molecular weight excluding hydrogens is 372 g/mol. The molecule has 1 aliphatic rings. The summed E-state index contributed by atoms with van der Waals surface area (Å²) in [6.07, 6.45) is 5.36. The van der Waals surface area contributed by atoms with Crippen molar-refractivity contribution in [3.8, 4) is 0 Å². The Labute approximate surface area is 156 Å². The molecule has 0 bridgehead atoms. The second-order valence-corrected chi connectivity index (χ2v) is 9.08. The Bertz CT molecular complexity index is 924. The Morgan fingerprint density at radius 3 is 2.62 bits per heavy atom. The molecule has 1 aliphatic carbocycles. The molecule has 0 radical (unpaired) electrons. The average Bonchev–Trinajstić information content (AvgIpc) is 2.90. The molecule has 0 fully saturated rings. The van der Waals surface area contributed by atoms with Gasteiger partial charge in [0.25, 0.3) is 15.9 Å². The third-order valence-electron chi connectivity index (χ3n) is 4.32. The largest absolute Gasteiger partial charge is 0.295 e. The summed E-state index contributed by atoms with van der Waals surface area (Å²) in [5.74, 6) is -0.708. The van der Waals surface area contributed by atoms with Gasteiger partial charge in [0, 0.05) is 10.4 Å². The topological polar surface area (TPSA) is 92.3 Å². The summed E-state index contributed by atoms with van der Waals surface area (Å²) in [6, 6.07) is 7.53. The van der Waals surface area contributed by atoms with Crippen LogP contribution in [-0.2, 0) is 22.9 Å². The molecule has 1 aromatic heterocycles. The predicted octanol–water partition coefficient (Wildman–Crippen LogP) is 2.84. The third-order valence-corrected chi connectivity index (χ3v) is 6.80. The molecule has 0 saturated heterocycles. The number of aryl methyl sites for hydroxylation is 2. The Morgan fingerprint density at radius 1 is 1.08 bits per heavy atom. The molecular formula is C18H20N2O4S2. The van der Waals surface area contributed by atoms with Gasteiger partial charge in [-0.15, -0.1) is 16.2 Å². The van der Waals surface area contributed by atoms with E-state index in [1.54, 1.807) is 6.07 Å². The maximum atomic E-state index is 12.3. The molecule has 2 aromatic rings. The van der Waals surface area contributed by atoms with Crippen LogP contribution < -0.4 is 10.3 Å². The van der Waals surface area contributed by atoms with Gasteiger partial charge in [-0.25, -0.2) is 8.42 Å². The summed E-state index contributed by atoms with van der Waals surface area (Å²) in [6.45, 7) is 1.36. The fourth-order valence-corrected chi connectivity index (χ4v) is 4.93. The van der Waals surface area contributed by atoms with Crippen molar-refractivity contribution in [2.24, 2.45) is 0 Å². The first-order valence-electron chi connectivity index (χ1n) is 8.41. The van der Waals surface area contributed by atoms with Gasteiger partial charge in [0.1, 0.15) is 0 Å². The van der Waals surface area contributed by atoms with Crippen LogP contribution in [0.1, 0.15) is 56.7 Å². The third kappa shape index (κ3) is 4.20. The van der Waals surface area contributed by atoms with Crippen molar-refractivity contribution in [3.63, 3.8) is 0 Å². The number of carbonyl (C=O) groups excluding carboxylic acids is 2. The lowest BCUT2D eigenvalue weighted by Gasteiger charge is -2.08. The molecule has 8 heteroatoms. The number of benzene rings is 1. The van der Waals surface area contributed by atoms with Crippen molar-refractivity contribution in [1.82, 2.24) is 10.3 Å². The molecule has 26 heavy (non-hydrogen) atoms. The van der Waals surface area contributed by atoms with Crippen molar-refractivity contribution >= 4 is 33.1 Å². The predicted molar refractivity (Wildman–Crippen MR) is 99.8 cm³/mol. The van der Waals surface area contributed by atoms with Gasteiger partial charge < -0.3 is 0 Å². The number of hydrogen-bond donors (Lipinski definition) is 2. The van der Waals surface area contributed by atoms with E-state index < -0.39 is 15.9 Å². The molecule has 2 N–H and O–H groups in total. The number of rotatable bonds is 5. The zero-order chi connectivity index (χ0) is 18.7. The van der Waals surface area contributed by atoms with Crippen molar-refractivity contribution in [3.05, 3.63) is 51.2 Å². The van der Waals surface area contributed by atoms with E-state index >= 15 is 0 Å². The minimum atomic E-state index is -3.96. The van der Waals surface area contributed by atoms with Crippen LogP contribution in [0.2, 0.25) is 0 Å². The lowest BCUT2D eigenvalue weighted by atomic mass is 10.1. The SMILES string of the molecule is CC(=O)c1cccc(S(=O)(=O)NNC(=O)c2cc3c(s2)CCCCC3)c1. The highest BCUT2D eigenvalue weighted by Crippen LogP contribution is 2.28.